The molecule has 0 spiro atoms. The molecule has 1 fully saturated rings. The summed E-state index contributed by atoms with van der Waals surface area (Å²) in [6.07, 6.45) is 5.64. The van der Waals surface area contributed by atoms with Crippen LogP contribution in [-0.4, -0.2) is 43.1 Å². The van der Waals surface area contributed by atoms with Gasteiger partial charge in [-0.05, 0) is 62.4 Å². The van der Waals surface area contributed by atoms with Crippen molar-refractivity contribution in [2.45, 2.75) is 29.6 Å². The molecule has 10 heteroatoms. The Morgan fingerprint density at radius 2 is 1.91 bits per heavy atom. The standard InChI is InChI=1S/C25H26FN3O4S2/c1-17-24(23(33-28-17)11-10-18-6-3-4-9-22(18)26)35(31,32)29-14-12-19(13-15-29)25(30)27-20-7-5-8-21(16-20)34-2/h3-11,16,19H,12-15H2,1-2H3,(H,27,30). The fourth-order valence-corrected chi connectivity index (χ4v) is 6.19. The number of sulfonamides is 1. The molecule has 35 heavy (non-hydrogen) atoms. The van der Waals surface area contributed by atoms with Crippen LogP contribution in [0, 0.1) is 18.7 Å². The summed E-state index contributed by atoms with van der Waals surface area (Å²) in [7, 11) is -3.91. The quantitative estimate of drug-likeness (QED) is 0.443. The van der Waals surface area contributed by atoms with E-state index in [0.29, 0.717) is 18.4 Å². The highest BCUT2D eigenvalue weighted by molar-refractivity contribution is 7.98. The zero-order valence-corrected chi connectivity index (χ0v) is 21.0. The lowest BCUT2D eigenvalue weighted by molar-refractivity contribution is -0.120. The first-order valence-electron chi connectivity index (χ1n) is 11.1. The predicted octanol–water partition coefficient (Wildman–Crippen LogP) is 5.05. The van der Waals surface area contributed by atoms with Crippen molar-refractivity contribution in [3.63, 3.8) is 0 Å². The number of thioether (sulfide) groups is 1. The molecule has 1 aliphatic rings. The van der Waals surface area contributed by atoms with Gasteiger partial charge in [0.25, 0.3) is 0 Å². The van der Waals surface area contributed by atoms with Crippen molar-refractivity contribution >= 4 is 45.5 Å². The van der Waals surface area contributed by atoms with Gasteiger partial charge in [0.05, 0.1) is 0 Å². The van der Waals surface area contributed by atoms with E-state index in [2.05, 4.69) is 10.5 Å². The highest BCUT2D eigenvalue weighted by Crippen LogP contribution is 2.30. The lowest BCUT2D eigenvalue weighted by atomic mass is 9.97. The van der Waals surface area contributed by atoms with Crippen molar-refractivity contribution in [2.75, 3.05) is 24.7 Å². The molecule has 7 nitrogen and oxygen atoms in total. The first-order valence-corrected chi connectivity index (χ1v) is 13.8. The van der Waals surface area contributed by atoms with Crippen LogP contribution in [0.1, 0.15) is 29.9 Å². The van der Waals surface area contributed by atoms with E-state index in [9.17, 15) is 17.6 Å². The molecule has 0 aliphatic carbocycles. The molecule has 2 aromatic carbocycles. The van der Waals surface area contributed by atoms with Crippen LogP contribution >= 0.6 is 11.8 Å². The van der Waals surface area contributed by atoms with Gasteiger partial charge in [0, 0.05) is 35.2 Å². The van der Waals surface area contributed by atoms with Gasteiger partial charge < -0.3 is 9.84 Å². The Morgan fingerprint density at radius 3 is 2.63 bits per heavy atom. The summed E-state index contributed by atoms with van der Waals surface area (Å²) in [6.45, 7) is 1.96. The van der Waals surface area contributed by atoms with Crippen LogP contribution in [-0.2, 0) is 14.8 Å². The molecule has 2 heterocycles. The van der Waals surface area contributed by atoms with Crippen molar-refractivity contribution in [3.8, 4) is 0 Å². The fourth-order valence-electron chi connectivity index (χ4n) is 4.01. The van der Waals surface area contributed by atoms with Crippen molar-refractivity contribution in [3.05, 3.63) is 71.4 Å². The summed E-state index contributed by atoms with van der Waals surface area (Å²) >= 11 is 1.59. The second kappa shape index (κ2) is 10.8. The molecule has 1 aromatic heterocycles. The number of amides is 1. The highest BCUT2D eigenvalue weighted by Gasteiger charge is 2.36. The number of hydrogen-bond acceptors (Lipinski definition) is 6. The number of benzene rings is 2. The van der Waals surface area contributed by atoms with E-state index < -0.39 is 15.8 Å². The van der Waals surface area contributed by atoms with Gasteiger partial charge >= 0.3 is 0 Å². The van der Waals surface area contributed by atoms with Crippen LogP contribution in [0.25, 0.3) is 12.2 Å². The van der Waals surface area contributed by atoms with Crippen molar-refractivity contribution in [1.82, 2.24) is 9.46 Å². The molecular formula is C25H26FN3O4S2. The van der Waals surface area contributed by atoms with Crippen molar-refractivity contribution in [1.29, 1.82) is 0 Å². The summed E-state index contributed by atoms with van der Waals surface area (Å²) in [5.74, 6) is -0.789. The highest BCUT2D eigenvalue weighted by atomic mass is 32.2. The van der Waals surface area contributed by atoms with E-state index in [0.717, 1.165) is 10.6 Å². The average Bonchev–Trinajstić information content (AvgIpc) is 3.24. The van der Waals surface area contributed by atoms with E-state index in [1.165, 1.54) is 22.5 Å². The van der Waals surface area contributed by atoms with Gasteiger partial charge in [-0.25, -0.2) is 12.8 Å². The summed E-state index contributed by atoms with van der Waals surface area (Å²) in [4.78, 5) is 13.8. The summed E-state index contributed by atoms with van der Waals surface area (Å²) in [5.41, 5.74) is 1.26. The summed E-state index contributed by atoms with van der Waals surface area (Å²) < 4.78 is 47.4. The molecule has 0 saturated carbocycles. The van der Waals surface area contributed by atoms with Crippen LogP contribution < -0.4 is 5.32 Å². The van der Waals surface area contributed by atoms with Crippen LogP contribution in [0.2, 0.25) is 0 Å². The number of aromatic nitrogens is 1. The van der Waals surface area contributed by atoms with Gasteiger partial charge in [0.2, 0.25) is 15.9 Å². The second-order valence-electron chi connectivity index (χ2n) is 8.22. The molecule has 0 bridgehead atoms. The Labute approximate surface area is 208 Å². The zero-order chi connectivity index (χ0) is 25.0. The third-order valence-corrected chi connectivity index (χ3v) is 8.70. The van der Waals surface area contributed by atoms with Crippen LogP contribution in [0.5, 0.6) is 0 Å². The number of carbonyl (C=O) groups excluding carboxylic acids is 1. The number of carbonyl (C=O) groups is 1. The Bertz CT molecular complexity index is 1350. The minimum absolute atomic E-state index is 0.0399. The van der Waals surface area contributed by atoms with Crippen LogP contribution in [0.4, 0.5) is 10.1 Å². The Morgan fingerprint density at radius 1 is 1.17 bits per heavy atom. The monoisotopic (exact) mass is 515 g/mol. The minimum atomic E-state index is -3.91. The number of halogens is 1. The number of nitrogens with one attached hydrogen (secondary N) is 1. The lowest BCUT2D eigenvalue weighted by Gasteiger charge is -2.30. The first kappa shape index (κ1) is 25.2. The number of piperidine rings is 1. The van der Waals surface area contributed by atoms with Gasteiger partial charge in [-0.1, -0.05) is 29.4 Å². The maximum absolute atomic E-state index is 13.9. The smallest absolute Gasteiger partial charge is 0.248 e. The van der Waals surface area contributed by atoms with Gasteiger partial charge in [-0.2, -0.15) is 4.31 Å². The largest absolute Gasteiger partial charge is 0.355 e. The SMILES string of the molecule is CSc1cccc(NC(=O)C2CCN(S(=O)(=O)c3c(C)noc3C=Cc3ccccc3F)CC2)c1. The molecule has 1 aliphatic heterocycles. The molecular weight excluding hydrogens is 489 g/mol. The number of aryl methyl sites for hydroxylation is 1. The minimum Gasteiger partial charge on any atom is -0.355 e. The van der Waals surface area contributed by atoms with E-state index in [4.69, 9.17) is 4.52 Å². The maximum atomic E-state index is 13.9. The average molecular weight is 516 g/mol. The Balaban J connectivity index is 1.45. The van der Waals surface area contributed by atoms with Crippen LogP contribution in [0.3, 0.4) is 0 Å². The number of anilines is 1. The molecule has 0 unspecified atom stereocenters. The van der Waals surface area contributed by atoms with Gasteiger partial charge in [0.15, 0.2) is 10.7 Å². The van der Waals surface area contributed by atoms with Gasteiger partial charge in [-0.3, -0.25) is 4.79 Å². The topological polar surface area (TPSA) is 92.5 Å². The molecule has 0 radical (unpaired) electrons. The third kappa shape index (κ3) is 5.66. The van der Waals surface area contributed by atoms with Gasteiger partial charge in [-0.15, -0.1) is 11.8 Å². The summed E-state index contributed by atoms with van der Waals surface area (Å²) in [5, 5.41) is 6.76. The normalized spacial score (nSPS) is 15.5. The molecule has 184 valence electrons. The number of rotatable bonds is 7. The van der Waals surface area contributed by atoms with E-state index >= 15 is 0 Å². The van der Waals surface area contributed by atoms with Crippen LogP contribution in [0.15, 0.2) is 62.8 Å². The van der Waals surface area contributed by atoms with Gasteiger partial charge in [0.1, 0.15) is 11.5 Å². The first-order chi connectivity index (χ1) is 16.8. The molecule has 3 aromatic rings. The fraction of sp³-hybridized carbons (Fsp3) is 0.280. The molecule has 1 amide bonds. The molecule has 1 N–H and O–H groups in total. The van der Waals surface area contributed by atoms with E-state index in [1.807, 2.05) is 30.5 Å². The molecule has 4 rings (SSSR count). The van der Waals surface area contributed by atoms with E-state index in [1.54, 1.807) is 36.9 Å². The lowest BCUT2D eigenvalue weighted by Crippen LogP contribution is -2.41. The van der Waals surface area contributed by atoms with E-state index in [-0.39, 0.29) is 41.3 Å². The summed E-state index contributed by atoms with van der Waals surface area (Å²) in [6, 6.07) is 13.8. The number of nitrogens with zero attached hydrogens (tertiary/aromatic N) is 2. The van der Waals surface area contributed by atoms with Crippen molar-refractivity contribution < 1.29 is 22.1 Å². The Kier molecular flexibility index (Phi) is 7.73. The Hall–Kier alpha value is -2.95. The molecule has 0 atom stereocenters. The second-order valence-corrected chi connectivity index (χ2v) is 11.0. The molecule has 1 saturated heterocycles. The third-order valence-electron chi connectivity index (χ3n) is 5.91. The number of hydrogen-bond donors (Lipinski definition) is 1. The van der Waals surface area contributed by atoms with Crippen molar-refractivity contribution in [2.24, 2.45) is 5.92 Å². The maximum Gasteiger partial charge on any atom is 0.248 e. The zero-order valence-electron chi connectivity index (χ0n) is 19.4. The predicted molar refractivity (Wildman–Crippen MR) is 135 cm³/mol.